The van der Waals surface area contributed by atoms with Gasteiger partial charge < -0.3 is 10.6 Å². The number of hydrogen-bond donors (Lipinski definition) is 2. The average molecular weight is 204 g/mol. The van der Waals surface area contributed by atoms with Crippen molar-refractivity contribution in [3.8, 4) is 0 Å². The van der Waals surface area contributed by atoms with Crippen LogP contribution in [0.2, 0.25) is 0 Å². The van der Waals surface area contributed by atoms with Gasteiger partial charge in [0.05, 0.1) is 5.69 Å². The van der Waals surface area contributed by atoms with Gasteiger partial charge in [-0.3, -0.25) is 0 Å². The first kappa shape index (κ1) is 9.09. The zero-order valence-corrected chi connectivity index (χ0v) is 8.74. The molecule has 1 aromatic rings. The molecular weight excluding hydrogens is 188 g/mol. The van der Waals surface area contributed by atoms with Gasteiger partial charge in [0.2, 0.25) is 0 Å². The second-order valence-electron chi connectivity index (χ2n) is 4.45. The van der Waals surface area contributed by atoms with Gasteiger partial charge in [-0.15, -0.1) is 5.10 Å². The Labute approximate surface area is 89.5 Å². The van der Waals surface area contributed by atoms with Crippen LogP contribution in [0.4, 0.5) is 5.82 Å². The number of rotatable bonds is 3. The highest BCUT2D eigenvalue weighted by molar-refractivity contribution is 5.35. The fraction of sp³-hybridized carbons (Fsp3) is 0.636. The summed E-state index contributed by atoms with van der Waals surface area (Å²) in [5, 5.41) is 15.2. The van der Waals surface area contributed by atoms with Gasteiger partial charge in [0.1, 0.15) is 5.82 Å². The smallest absolute Gasteiger partial charge is 0.148 e. The van der Waals surface area contributed by atoms with Crippen LogP contribution >= 0.6 is 0 Å². The molecule has 2 heterocycles. The van der Waals surface area contributed by atoms with E-state index in [4.69, 9.17) is 0 Å². The van der Waals surface area contributed by atoms with Gasteiger partial charge in [-0.1, -0.05) is 0 Å². The van der Waals surface area contributed by atoms with Crippen molar-refractivity contribution < 1.29 is 0 Å². The Morgan fingerprint density at radius 2 is 2.13 bits per heavy atom. The lowest BCUT2D eigenvalue weighted by molar-refractivity contribution is 0.778. The van der Waals surface area contributed by atoms with Gasteiger partial charge in [0.15, 0.2) is 0 Å². The number of aromatic nitrogens is 2. The molecule has 1 atom stereocenters. The van der Waals surface area contributed by atoms with Crippen LogP contribution in [0.1, 0.15) is 30.9 Å². The summed E-state index contributed by atoms with van der Waals surface area (Å²) in [5.74, 6) is 1.60. The molecule has 0 radical (unpaired) electrons. The highest BCUT2D eigenvalue weighted by atomic mass is 15.2. The highest BCUT2D eigenvalue weighted by Gasteiger charge is 2.25. The minimum Gasteiger partial charge on any atom is -0.365 e. The molecule has 1 saturated carbocycles. The molecule has 2 fully saturated rings. The monoisotopic (exact) mass is 204 g/mol. The lowest BCUT2D eigenvalue weighted by Crippen LogP contribution is -2.22. The maximum absolute atomic E-state index is 4.25. The Bertz CT molecular complexity index is 325. The summed E-state index contributed by atoms with van der Waals surface area (Å²) < 4.78 is 0. The maximum atomic E-state index is 4.25. The molecule has 1 aliphatic heterocycles. The van der Waals surface area contributed by atoms with Crippen molar-refractivity contribution in [1.82, 2.24) is 15.5 Å². The van der Waals surface area contributed by atoms with E-state index in [2.05, 4.69) is 33.0 Å². The highest BCUT2D eigenvalue weighted by Crippen LogP contribution is 2.38. The van der Waals surface area contributed by atoms with E-state index < -0.39 is 0 Å². The van der Waals surface area contributed by atoms with E-state index in [-0.39, 0.29) is 0 Å². The van der Waals surface area contributed by atoms with Gasteiger partial charge >= 0.3 is 0 Å². The predicted molar refractivity (Wildman–Crippen MR) is 58.9 cm³/mol. The Hall–Kier alpha value is -1.16. The molecule has 80 valence electrons. The van der Waals surface area contributed by atoms with Gasteiger partial charge in [-0.2, -0.15) is 5.10 Å². The lowest BCUT2D eigenvalue weighted by atomic mass is 10.2. The average Bonchev–Trinajstić information content (AvgIpc) is 2.99. The summed E-state index contributed by atoms with van der Waals surface area (Å²) in [6.07, 6.45) is 3.74. The van der Waals surface area contributed by atoms with E-state index in [0.29, 0.717) is 12.0 Å². The molecule has 4 heteroatoms. The van der Waals surface area contributed by atoms with E-state index in [1.165, 1.54) is 19.3 Å². The lowest BCUT2D eigenvalue weighted by Gasteiger charge is -2.11. The van der Waals surface area contributed by atoms with Crippen molar-refractivity contribution in [2.75, 3.05) is 18.4 Å². The molecule has 0 aromatic carbocycles. The summed E-state index contributed by atoms with van der Waals surface area (Å²) >= 11 is 0. The molecule has 0 spiro atoms. The van der Waals surface area contributed by atoms with Crippen LogP contribution in [-0.2, 0) is 0 Å². The first-order valence-corrected chi connectivity index (χ1v) is 5.73. The number of nitrogens with zero attached hydrogens (tertiary/aromatic N) is 2. The Morgan fingerprint density at radius 3 is 2.73 bits per heavy atom. The second-order valence-corrected chi connectivity index (χ2v) is 4.45. The fourth-order valence-electron chi connectivity index (χ4n) is 2.00. The van der Waals surface area contributed by atoms with Crippen LogP contribution in [0.25, 0.3) is 0 Å². The van der Waals surface area contributed by atoms with Gasteiger partial charge in [-0.05, 0) is 37.9 Å². The quantitative estimate of drug-likeness (QED) is 0.775. The standard InChI is InChI=1S/C11H16N4/c1-2-8(1)10-3-4-11(15-14-10)13-9-5-6-12-7-9/h3-4,8-9,12H,1-2,5-7H2,(H,13,15). The van der Waals surface area contributed by atoms with Crippen LogP contribution in [0.3, 0.4) is 0 Å². The molecule has 2 N–H and O–H groups in total. The van der Waals surface area contributed by atoms with E-state index in [1.54, 1.807) is 0 Å². The van der Waals surface area contributed by atoms with Crippen LogP contribution in [0.15, 0.2) is 12.1 Å². The van der Waals surface area contributed by atoms with E-state index in [9.17, 15) is 0 Å². The number of anilines is 1. The van der Waals surface area contributed by atoms with Crippen molar-refractivity contribution in [2.45, 2.75) is 31.2 Å². The number of hydrogen-bond acceptors (Lipinski definition) is 4. The van der Waals surface area contributed by atoms with E-state index in [1.807, 2.05) is 0 Å². The topological polar surface area (TPSA) is 49.8 Å². The van der Waals surface area contributed by atoms with Crippen molar-refractivity contribution in [3.63, 3.8) is 0 Å². The third kappa shape index (κ3) is 2.09. The van der Waals surface area contributed by atoms with E-state index >= 15 is 0 Å². The SMILES string of the molecule is c1cc(C2CC2)nnc1NC1CCNC1. The molecule has 4 nitrogen and oxygen atoms in total. The first-order chi connectivity index (χ1) is 7.42. The predicted octanol–water partition coefficient (Wildman–Crippen LogP) is 1.13. The van der Waals surface area contributed by atoms with Crippen LogP contribution in [0, 0.1) is 0 Å². The summed E-state index contributed by atoms with van der Waals surface area (Å²) in [7, 11) is 0. The summed E-state index contributed by atoms with van der Waals surface area (Å²) in [4.78, 5) is 0. The zero-order valence-electron chi connectivity index (χ0n) is 8.74. The van der Waals surface area contributed by atoms with Gasteiger partial charge in [-0.25, -0.2) is 0 Å². The first-order valence-electron chi connectivity index (χ1n) is 5.73. The molecule has 15 heavy (non-hydrogen) atoms. The molecule has 2 aliphatic rings. The summed E-state index contributed by atoms with van der Waals surface area (Å²) in [6.45, 7) is 2.14. The van der Waals surface area contributed by atoms with Crippen LogP contribution in [-0.4, -0.2) is 29.3 Å². The van der Waals surface area contributed by atoms with Crippen LogP contribution in [0.5, 0.6) is 0 Å². The second kappa shape index (κ2) is 3.77. The van der Waals surface area contributed by atoms with E-state index in [0.717, 1.165) is 24.6 Å². The van der Waals surface area contributed by atoms with Crippen molar-refractivity contribution in [3.05, 3.63) is 17.8 Å². The van der Waals surface area contributed by atoms with Crippen molar-refractivity contribution >= 4 is 5.82 Å². The van der Waals surface area contributed by atoms with Gasteiger partial charge in [0.25, 0.3) is 0 Å². The third-order valence-electron chi connectivity index (χ3n) is 3.09. The Balaban J connectivity index is 1.64. The zero-order chi connectivity index (χ0) is 10.1. The van der Waals surface area contributed by atoms with Crippen LogP contribution < -0.4 is 10.6 Å². The third-order valence-corrected chi connectivity index (χ3v) is 3.09. The molecule has 0 bridgehead atoms. The summed E-state index contributed by atoms with van der Waals surface area (Å²) in [5.41, 5.74) is 1.16. The van der Waals surface area contributed by atoms with Crippen molar-refractivity contribution in [1.29, 1.82) is 0 Å². The molecule has 1 aliphatic carbocycles. The fourth-order valence-corrected chi connectivity index (χ4v) is 2.00. The van der Waals surface area contributed by atoms with Crippen molar-refractivity contribution in [2.24, 2.45) is 0 Å². The number of nitrogens with one attached hydrogen (secondary N) is 2. The molecule has 1 saturated heterocycles. The molecular formula is C11H16N4. The minimum atomic E-state index is 0.520. The molecule has 0 amide bonds. The largest absolute Gasteiger partial charge is 0.365 e. The normalized spacial score (nSPS) is 25.5. The molecule has 3 rings (SSSR count). The summed E-state index contributed by atoms with van der Waals surface area (Å²) in [6, 6.07) is 4.68. The Kier molecular flexibility index (Phi) is 2.29. The Morgan fingerprint density at radius 1 is 1.20 bits per heavy atom. The van der Waals surface area contributed by atoms with Gasteiger partial charge in [0, 0.05) is 18.5 Å². The molecule has 1 aromatic heterocycles. The maximum Gasteiger partial charge on any atom is 0.148 e. The molecule has 1 unspecified atom stereocenters. The minimum absolute atomic E-state index is 0.520.